The predicted octanol–water partition coefficient (Wildman–Crippen LogP) is 4.64. The highest BCUT2D eigenvalue weighted by atomic mass is 16.5. The molecule has 3 aromatic carbocycles. The number of rotatable bonds is 6. The Bertz CT molecular complexity index is 1040. The van der Waals surface area contributed by atoms with E-state index in [0.717, 1.165) is 21.9 Å². The molecule has 0 aliphatic heterocycles. The van der Waals surface area contributed by atoms with Gasteiger partial charge in [-0.05, 0) is 22.9 Å². The van der Waals surface area contributed by atoms with E-state index in [4.69, 9.17) is 9.47 Å². The highest BCUT2D eigenvalue weighted by molar-refractivity contribution is 5.90. The van der Waals surface area contributed by atoms with Crippen molar-refractivity contribution in [3.63, 3.8) is 0 Å². The summed E-state index contributed by atoms with van der Waals surface area (Å²) >= 11 is 0. The Morgan fingerprint density at radius 1 is 0.897 bits per heavy atom. The zero-order valence-electron chi connectivity index (χ0n) is 17.1. The molecule has 1 atom stereocenters. The maximum Gasteiger partial charge on any atom is 0.308 e. The van der Waals surface area contributed by atoms with E-state index in [0.29, 0.717) is 11.5 Å². The molecule has 150 valence electrons. The SMILES string of the molecule is COc1ccccc1C(NC(=O)C(C)C)c1c(OC(C)=O)ccc2ccccc12. The van der Waals surface area contributed by atoms with E-state index in [1.165, 1.54) is 6.92 Å². The van der Waals surface area contributed by atoms with Gasteiger partial charge in [0.15, 0.2) is 0 Å². The summed E-state index contributed by atoms with van der Waals surface area (Å²) in [6.07, 6.45) is 0. The molecule has 1 N–H and O–H groups in total. The number of nitrogens with one attached hydrogen (secondary N) is 1. The van der Waals surface area contributed by atoms with Gasteiger partial charge in [0, 0.05) is 24.0 Å². The maximum absolute atomic E-state index is 12.7. The Hall–Kier alpha value is -3.34. The Morgan fingerprint density at radius 3 is 2.28 bits per heavy atom. The van der Waals surface area contributed by atoms with Gasteiger partial charge in [0.05, 0.1) is 13.2 Å². The average Bonchev–Trinajstić information content (AvgIpc) is 2.71. The van der Waals surface area contributed by atoms with E-state index in [1.807, 2.05) is 68.4 Å². The number of ether oxygens (including phenoxy) is 2. The van der Waals surface area contributed by atoms with Crippen LogP contribution in [0.3, 0.4) is 0 Å². The summed E-state index contributed by atoms with van der Waals surface area (Å²) in [5.41, 5.74) is 1.51. The third kappa shape index (κ3) is 4.40. The number of methoxy groups -OCH3 is 1. The lowest BCUT2D eigenvalue weighted by Crippen LogP contribution is -2.33. The first-order valence-corrected chi connectivity index (χ1v) is 9.55. The molecule has 0 saturated carbocycles. The molecule has 0 spiro atoms. The van der Waals surface area contributed by atoms with Crippen molar-refractivity contribution in [3.8, 4) is 11.5 Å². The second kappa shape index (κ2) is 8.78. The van der Waals surface area contributed by atoms with Crippen LogP contribution in [0.5, 0.6) is 11.5 Å². The largest absolute Gasteiger partial charge is 0.496 e. The molecule has 29 heavy (non-hydrogen) atoms. The van der Waals surface area contributed by atoms with E-state index in [9.17, 15) is 9.59 Å². The number of para-hydroxylation sites is 1. The number of carbonyl (C=O) groups excluding carboxylic acids is 2. The molecule has 3 aromatic rings. The van der Waals surface area contributed by atoms with Gasteiger partial charge in [0.1, 0.15) is 11.5 Å². The van der Waals surface area contributed by atoms with E-state index >= 15 is 0 Å². The lowest BCUT2D eigenvalue weighted by Gasteiger charge is -2.26. The molecule has 0 aliphatic rings. The summed E-state index contributed by atoms with van der Waals surface area (Å²) < 4.78 is 11.1. The fourth-order valence-corrected chi connectivity index (χ4v) is 3.34. The van der Waals surface area contributed by atoms with E-state index in [-0.39, 0.29) is 11.8 Å². The van der Waals surface area contributed by atoms with Crippen LogP contribution in [0.25, 0.3) is 10.8 Å². The lowest BCUT2D eigenvalue weighted by molar-refractivity contribution is -0.131. The molecule has 1 unspecified atom stereocenters. The van der Waals surface area contributed by atoms with Crippen molar-refractivity contribution in [1.82, 2.24) is 5.32 Å². The summed E-state index contributed by atoms with van der Waals surface area (Å²) in [4.78, 5) is 24.5. The molecule has 0 bridgehead atoms. The number of benzene rings is 3. The van der Waals surface area contributed by atoms with Crippen molar-refractivity contribution < 1.29 is 19.1 Å². The molecule has 1 amide bonds. The second-order valence-electron chi connectivity index (χ2n) is 7.13. The van der Waals surface area contributed by atoms with Crippen molar-refractivity contribution in [1.29, 1.82) is 0 Å². The molecule has 0 saturated heterocycles. The molecule has 0 fully saturated rings. The van der Waals surface area contributed by atoms with Gasteiger partial charge in [-0.15, -0.1) is 0 Å². The molecule has 0 aliphatic carbocycles. The summed E-state index contributed by atoms with van der Waals surface area (Å²) in [5, 5.41) is 5.00. The molecule has 0 aromatic heterocycles. The third-order valence-corrected chi connectivity index (χ3v) is 4.73. The first kappa shape index (κ1) is 20.4. The molecule has 5 nitrogen and oxygen atoms in total. The second-order valence-corrected chi connectivity index (χ2v) is 7.13. The van der Waals surface area contributed by atoms with Crippen LogP contribution in [-0.4, -0.2) is 19.0 Å². The van der Waals surface area contributed by atoms with Crippen LogP contribution in [0.15, 0.2) is 60.7 Å². The molecule has 0 heterocycles. The molecule has 5 heteroatoms. The van der Waals surface area contributed by atoms with Crippen molar-refractivity contribution in [2.75, 3.05) is 7.11 Å². The number of fused-ring (bicyclic) bond motifs is 1. The summed E-state index contributed by atoms with van der Waals surface area (Å²) in [6, 6.07) is 18.5. The smallest absolute Gasteiger partial charge is 0.308 e. The Kier molecular flexibility index (Phi) is 6.17. The summed E-state index contributed by atoms with van der Waals surface area (Å²) in [6.45, 7) is 5.04. The van der Waals surface area contributed by atoms with Crippen molar-refractivity contribution in [3.05, 3.63) is 71.8 Å². The van der Waals surface area contributed by atoms with Crippen LogP contribution >= 0.6 is 0 Å². The summed E-state index contributed by atoms with van der Waals surface area (Å²) in [5.74, 6) is 0.317. The van der Waals surface area contributed by atoms with Gasteiger partial charge in [0.25, 0.3) is 0 Å². The number of carbonyl (C=O) groups is 2. The normalized spacial score (nSPS) is 11.9. The van der Waals surface area contributed by atoms with Gasteiger partial charge in [-0.1, -0.05) is 62.4 Å². The van der Waals surface area contributed by atoms with Crippen LogP contribution in [0.4, 0.5) is 0 Å². The molecular weight excluding hydrogens is 366 g/mol. The van der Waals surface area contributed by atoms with Gasteiger partial charge < -0.3 is 14.8 Å². The first-order valence-electron chi connectivity index (χ1n) is 9.55. The van der Waals surface area contributed by atoms with Crippen LogP contribution < -0.4 is 14.8 Å². The number of esters is 1. The van der Waals surface area contributed by atoms with E-state index < -0.39 is 12.0 Å². The van der Waals surface area contributed by atoms with E-state index in [2.05, 4.69) is 5.32 Å². The summed E-state index contributed by atoms with van der Waals surface area (Å²) in [7, 11) is 1.59. The highest BCUT2D eigenvalue weighted by Crippen LogP contribution is 2.39. The Balaban J connectivity index is 2.30. The fraction of sp³-hybridized carbons (Fsp3) is 0.250. The Labute approximate surface area is 170 Å². The first-order chi connectivity index (χ1) is 13.9. The fourth-order valence-electron chi connectivity index (χ4n) is 3.34. The zero-order valence-corrected chi connectivity index (χ0v) is 17.1. The van der Waals surface area contributed by atoms with E-state index in [1.54, 1.807) is 13.2 Å². The standard InChI is InChI=1S/C24H25NO4/c1-15(2)24(27)25-23(19-11-7-8-12-20(19)28-4)22-18-10-6-5-9-17(18)13-14-21(22)29-16(3)26/h5-15,23H,1-4H3,(H,25,27). The van der Waals surface area contributed by atoms with Gasteiger partial charge >= 0.3 is 5.97 Å². The number of hydrogen-bond donors (Lipinski definition) is 1. The van der Waals surface area contributed by atoms with Gasteiger partial charge in [-0.25, -0.2) is 0 Å². The van der Waals surface area contributed by atoms with Crippen molar-refractivity contribution in [2.24, 2.45) is 5.92 Å². The molecular formula is C24H25NO4. The molecule has 3 rings (SSSR count). The van der Waals surface area contributed by atoms with Crippen LogP contribution in [0, 0.1) is 5.92 Å². The van der Waals surface area contributed by atoms with Gasteiger partial charge in [0.2, 0.25) is 5.91 Å². The quantitative estimate of drug-likeness (QED) is 0.491. The number of amides is 1. The topological polar surface area (TPSA) is 64.6 Å². The number of hydrogen-bond acceptors (Lipinski definition) is 4. The molecule has 0 radical (unpaired) electrons. The third-order valence-electron chi connectivity index (χ3n) is 4.73. The van der Waals surface area contributed by atoms with Crippen molar-refractivity contribution >= 4 is 22.6 Å². The van der Waals surface area contributed by atoms with Crippen molar-refractivity contribution in [2.45, 2.75) is 26.8 Å². The minimum Gasteiger partial charge on any atom is -0.496 e. The highest BCUT2D eigenvalue weighted by Gasteiger charge is 2.27. The van der Waals surface area contributed by atoms with Gasteiger partial charge in [-0.3, -0.25) is 9.59 Å². The maximum atomic E-state index is 12.7. The van der Waals surface area contributed by atoms with Gasteiger partial charge in [-0.2, -0.15) is 0 Å². The average molecular weight is 391 g/mol. The lowest BCUT2D eigenvalue weighted by atomic mass is 9.91. The van der Waals surface area contributed by atoms with Crippen LogP contribution in [0.2, 0.25) is 0 Å². The monoisotopic (exact) mass is 391 g/mol. The van der Waals surface area contributed by atoms with Crippen LogP contribution in [-0.2, 0) is 9.59 Å². The minimum atomic E-state index is -0.554. The minimum absolute atomic E-state index is 0.109. The zero-order chi connectivity index (χ0) is 21.0. The Morgan fingerprint density at radius 2 is 1.59 bits per heavy atom. The predicted molar refractivity (Wildman–Crippen MR) is 113 cm³/mol. The van der Waals surface area contributed by atoms with Crippen LogP contribution in [0.1, 0.15) is 37.9 Å².